The summed E-state index contributed by atoms with van der Waals surface area (Å²) in [5.74, 6) is -0.130. The molecule has 1 heterocycles. The van der Waals surface area contributed by atoms with Crippen LogP contribution in [-0.2, 0) is 9.59 Å². The molecule has 2 fully saturated rings. The van der Waals surface area contributed by atoms with E-state index < -0.39 is 6.04 Å². The van der Waals surface area contributed by atoms with Crippen molar-refractivity contribution in [3.8, 4) is 5.75 Å². The molecule has 0 bridgehead atoms. The van der Waals surface area contributed by atoms with Crippen molar-refractivity contribution in [3.05, 3.63) is 59.7 Å². The maximum atomic E-state index is 13.5. The summed E-state index contributed by atoms with van der Waals surface area (Å²) in [6, 6.07) is 13.4. The number of methoxy groups -OCH3 is 1. The molecule has 2 aromatic carbocycles. The molecular weight excluding hydrogens is 380 g/mol. The lowest BCUT2D eigenvalue weighted by Gasteiger charge is -2.33. The van der Waals surface area contributed by atoms with Crippen molar-refractivity contribution in [1.82, 2.24) is 4.90 Å². The number of carbonyl (C=O) groups is 3. The van der Waals surface area contributed by atoms with E-state index in [4.69, 9.17) is 4.74 Å². The number of anilines is 1. The predicted octanol–water partition coefficient (Wildman–Crippen LogP) is 3.72. The Bertz CT molecular complexity index is 963. The zero-order chi connectivity index (χ0) is 21.3. The van der Waals surface area contributed by atoms with E-state index >= 15 is 0 Å². The molecule has 0 spiro atoms. The number of nitrogens with zero attached hydrogens (tertiary/aromatic N) is 2. The standard InChI is InChI=1S/C24H26N2O4/c1-16-7-3-6-10-20(16)23(28)25(17-8-4-5-9-17)21-15-22(27)26(24(21)29)18-11-13-19(30-2)14-12-18/h3,6-7,10-14,17,21H,4-5,8-9,15H2,1-2H3. The highest BCUT2D eigenvalue weighted by molar-refractivity contribution is 6.23. The zero-order valence-corrected chi connectivity index (χ0v) is 17.3. The fourth-order valence-corrected chi connectivity index (χ4v) is 4.53. The third-order valence-corrected chi connectivity index (χ3v) is 6.12. The first-order valence-corrected chi connectivity index (χ1v) is 10.4. The molecule has 1 saturated carbocycles. The molecule has 30 heavy (non-hydrogen) atoms. The summed E-state index contributed by atoms with van der Waals surface area (Å²) in [6.07, 6.45) is 3.79. The summed E-state index contributed by atoms with van der Waals surface area (Å²) in [5.41, 5.74) is 1.96. The second-order valence-corrected chi connectivity index (χ2v) is 7.95. The molecule has 6 heteroatoms. The van der Waals surface area contributed by atoms with Crippen molar-refractivity contribution in [2.24, 2.45) is 0 Å². The minimum Gasteiger partial charge on any atom is -0.497 e. The molecule has 6 nitrogen and oxygen atoms in total. The average molecular weight is 406 g/mol. The predicted molar refractivity (Wildman–Crippen MR) is 113 cm³/mol. The number of ether oxygens (including phenoxy) is 1. The zero-order valence-electron chi connectivity index (χ0n) is 17.3. The average Bonchev–Trinajstić information content (AvgIpc) is 3.37. The maximum absolute atomic E-state index is 13.5. The summed E-state index contributed by atoms with van der Waals surface area (Å²) in [4.78, 5) is 42.6. The Hall–Kier alpha value is -3.15. The Balaban J connectivity index is 1.67. The highest BCUT2D eigenvalue weighted by Crippen LogP contribution is 2.33. The van der Waals surface area contributed by atoms with Crippen LogP contribution in [0.4, 0.5) is 5.69 Å². The Labute approximate surface area is 176 Å². The first kappa shape index (κ1) is 20.1. The van der Waals surface area contributed by atoms with Gasteiger partial charge in [-0.25, -0.2) is 4.90 Å². The van der Waals surface area contributed by atoms with Gasteiger partial charge in [-0.2, -0.15) is 0 Å². The molecule has 4 rings (SSSR count). The maximum Gasteiger partial charge on any atom is 0.257 e. The van der Waals surface area contributed by atoms with E-state index in [1.54, 1.807) is 42.3 Å². The summed E-state index contributed by atoms with van der Waals surface area (Å²) in [6.45, 7) is 1.89. The number of benzene rings is 2. The molecule has 0 aromatic heterocycles. The number of carbonyl (C=O) groups excluding carboxylic acids is 3. The van der Waals surface area contributed by atoms with Crippen molar-refractivity contribution >= 4 is 23.4 Å². The number of amides is 3. The van der Waals surface area contributed by atoms with Crippen LogP contribution < -0.4 is 9.64 Å². The highest BCUT2D eigenvalue weighted by Gasteiger charge is 2.47. The lowest BCUT2D eigenvalue weighted by atomic mass is 10.0. The summed E-state index contributed by atoms with van der Waals surface area (Å²) < 4.78 is 5.16. The topological polar surface area (TPSA) is 66.9 Å². The summed E-state index contributed by atoms with van der Waals surface area (Å²) in [5, 5.41) is 0. The lowest BCUT2D eigenvalue weighted by molar-refractivity contribution is -0.123. The van der Waals surface area contributed by atoms with Crippen LogP contribution in [0.1, 0.15) is 48.0 Å². The largest absolute Gasteiger partial charge is 0.497 e. The van der Waals surface area contributed by atoms with E-state index in [2.05, 4.69) is 0 Å². The number of hydrogen-bond donors (Lipinski definition) is 0. The van der Waals surface area contributed by atoms with Crippen molar-refractivity contribution in [2.45, 2.75) is 51.1 Å². The monoisotopic (exact) mass is 406 g/mol. The molecule has 1 saturated heterocycles. The van der Waals surface area contributed by atoms with Gasteiger partial charge in [0, 0.05) is 11.6 Å². The van der Waals surface area contributed by atoms with Gasteiger partial charge < -0.3 is 9.64 Å². The molecule has 2 aromatic rings. The highest BCUT2D eigenvalue weighted by atomic mass is 16.5. The third kappa shape index (κ3) is 3.58. The van der Waals surface area contributed by atoms with Crippen LogP contribution in [0, 0.1) is 6.92 Å². The summed E-state index contributed by atoms with van der Waals surface area (Å²) in [7, 11) is 1.56. The molecule has 1 aliphatic carbocycles. The van der Waals surface area contributed by atoms with E-state index in [1.807, 2.05) is 25.1 Å². The van der Waals surface area contributed by atoms with Gasteiger partial charge in [0.15, 0.2) is 0 Å². The molecule has 1 aliphatic heterocycles. The van der Waals surface area contributed by atoms with E-state index in [0.717, 1.165) is 31.2 Å². The Morgan fingerprint density at radius 3 is 2.33 bits per heavy atom. The van der Waals surface area contributed by atoms with Gasteiger partial charge in [-0.1, -0.05) is 31.0 Å². The van der Waals surface area contributed by atoms with Crippen LogP contribution in [0.15, 0.2) is 48.5 Å². The van der Waals surface area contributed by atoms with E-state index in [9.17, 15) is 14.4 Å². The number of aryl methyl sites for hydroxylation is 1. The van der Waals surface area contributed by atoms with E-state index in [-0.39, 0.29) is 30.2 Å². The first-order chi connectivity index (χ1) is 14.5. The second kappa shape index (κ2) is 8.30. The van der Waals surface area contributed by atoms with Gasteiger partial charge in [0.05, 0.1) is 19.2 Å². The van der Waals surface area contributed by atoms with Crippen LogP contribution in [0.5, 0.6) is 5.75 Å². The third-order valence-electron chi connectivity index (χ3n) is 6.12. The SMILES string of the molecule is COc1ccc(N2C(=O)CC(N(C(=O)c3ccccc3C)C3CCCC3)C2=O)cc1. The van der Waals surface area contributed by atoms with Crippen LogP contribution in [-0.4, -0.2) is 41.8 Å². The van der Waals surface area contributed by atoms with Crippen LogP contribution in [0.2, 0.25) is 0 Å². The second-order valence-electron chi connectivity index (χ2n) is 7.95. The van der Waals surface area contributed by atoms with E-state index in [0.29, 0.717) is 17.0 Å². The minimum atomic E-state index is -0.769. The van der Waals surface area contributed by atoms with Crippen molar-refractivity contribution in [3.63, 3.8) is 0 Å². The number of hydrogen-bond acceptors (Lipinski definition) is 4. The fraction of sp³-hybridized carbons (Fsp3) is 0.375. The van der Waals surface area contributed by atoms with Crippen LogP contribution in [0.25, 0.3) is 0 Å². The first-order valence-electron chi connectivity index (χ1n) is 10.4. The van der Waals surface area contributed by atoms with Crippen LogP contribution >= 0.6 is 0 Å². The van der Waals surface area contributed by atoms with Crippen molar-refractivity contribution < 1.29 is 19.1 Å². The molecule has 156 valence electrons. The molecule has 1 unspecified atom stereocenters. The summed E-state index contributed by atoms with van der Waals surface area (Å²) >= 11 is 0. The van der Waals surface area contributed by atoms with Gasteiger partial charge in [0.25, 0.3) is 11.8 Å². The number of imide groups is 1. The molecular formula is C24H26N2O4. The molecule has 1 atom stereocenters. The Morgan fingerprint density at radius 2 is 1.70 bits per heavy atom. The van der Waals surface area contributed by atoms with Crippen LogP contribution in [0.3, 0.4) is 0 Å². The fourth-order valence-electron chi connectivity index (χ4n) is 4.53. The molecule has 2 aliphatic rings. The molecule has 0 radical (unpaired) electrons. The molecule has 3 amide bonds. The number of rotatable bonds is 5. The Kier molecular flexibility index (Phi) is 5.57. The van der Waals surface area contributed by atoms with Gasteiger partial charge in [-0.15, -0.1) is 0 Å². The normalized spacial score (nSPS) is 19.4. The molecule has 0 N–H and O–H groups in total. The van der Waals surface area contributed by atoms with Gasteiger partial charge in [0.2, 0.25) is 5.91 Å². The Morgan fingerprint density at radius 1 is 1.03 bits per heavy atom. The smallest absolute Gasteiger partial charge is 0.257 e. The van der Waals surface area contributed by atoms with Gasteiger partial charge in [-0.3, -0.25) is 14.4 Å². The van der Waals surface area contributed by atoms with Gasteiger partial charge >= 0.3 is 0 Å². The van der Waals surface area contributed by atoms with Crippen molar-refractivity contribution in [1.29, 1.82) is 0 Å². The van der Waals surface area contributed by atoms with Crippen molar-refractivity contribution in [2.75, 3.05) is 12.0 Å². The minimum absolute atomic E-state index is 0.0129. The quantitative estimate of drug-likeness (QED) is 0.710. The van der Waals surface area contributed by atoms with E-state index in [1.165, 1.54) is 4.90 Å². The van der Waals surface area contributed by atoms with Gasteiger partial charge in [-0.05, 0) is 55.7 Å². The van der Waals surface area contributed by atoms with Gasteiger partial charge in [0.1, 0.15) is 11.8 Å². The lowest BCUT2D eigenvalue weighted by Crippen LogP contribution is -2.50.